The molecule has 0 saturated carbocycles. The third-order valence-corrected chi connectivity index (χ3v) is 2.38. The number of nitrogens with two attached hydrogens (primary N) is 2. The molecule has 4 N–H and O–H groups in total. The Kier molecular flexibility index (Phi) is 3.33. The molecule has 0 heterocycles. The SMILES string of the molecule is CCC(C)(C)C(N)C(C)N. The van der Waals surface area contributed by atoms with Crippen LogP contribution in [0.2, 0.25) is 0 Å². The molecule has 0 bridgehead atoms. The standard InChI is InChI=1S/C8H20N2/c1-5-8(3,4)7(10)6(2)9/h6-7H,5,9-10H2,1-4H3. The van der Waals surface area contributed by atoms with Crippen LogP contribution in [0.15, 0.2) is 0 Å². The molecule has 62 valence electrons. The lowest BCUT2D eigenvalue weighted by Gasteiger charge is -2.32. The first-order valence-corrected chi connectivity index (χ1v) is 3.93. The summed E-state index contributed by atoms with van der Waals surface area (Å²) in [7, 11) is 0. The Morgan fingerprint density at radius 2 is 1.70 bits per heavy atom. The molecule has 2 nitrogen and oxygen atoms in total. The fourth-order valence-electron chi connectivity index (χ4n) is 0.947. The lowest BCUT2D eigenvalue weighted by Crippen LogP contribution is -2.49. The average Bonchev–Trinajstić information content (AvgIpc) is 1.86. The molecular weight excluding hydrogens is 124 g/mol. The van der Waals surface area contributed by atoms with Crippen molar-refractivity contribution >= 4 is 0 Å². The molecule has 0 aromatic carbocycles. The third kappa shape index (κ3) is 2.27. The van der Waals surface area contributed by atoms with E-state index in [0.717, 1.165) is 6.42 Å². The van der Waals surface area contributed by atoms with Crippen LogP contribution in [0.4, 0.5) is 0 Å². The zero-order chi connectivity index (χ0) is 8.36. The first kappa shape index (κ1) is 9.92. The second kappa shape index (κ2) is 3.35. The summed E-state index contributed by atoms with van der Waals surface area (Å²) in [5.74, 6) is 0. The largest absolute Gasteiger partial charge is 0.327 e. The predicted molar refractivity (Wildman–Crippen MR) is 45.7 cm³/mol. The van der Waals surface area contributed by atoms with Gasteiger partial charge in [-0.25, -0.2) is 0 Å². The van der Waals surface area contributed by atoms with E-state index in [1.165, 1.54) is 0 Å². The maximum atomic E-state index is 5.88. The van der Waals surface area contributed by atoms with E-state index in [0.29, 0.717) is 0 Å². The number of rotatable bonds is 3. The zero-order valence-electron chi connectivity index (χ0n) is 7.52. The minimum absolute atomic E-state index is 0.0925. The average molecular weight is 144 g/mol. The van der Waals surface area contributed by atoms with Gasteiger partial charge in [-0.3, -0.25) is 0 Å². The van der Waals surface area contributed by atoms with E-state index in [2.05, 4.69) is 20.8 Å². The van der Waals surface area contributed by atoms with E-state index >= 15 is 0 Å². The first-order chi connectivity index (χ1) is 4.41. The van der Waals surface area contributed by atoms with E-state index in [-0.39, 0.29) is 17.5 Å². The molecule has 0 spiro atoms. The van der Waals surface area contributed by atoms with Crippen LogP contribution in [0, 0.1) is 5.41 Å². The van der Waals surface area contributed by atoms with Gasteiger partial charge in [0.2, 0.25) is 0 Å². The minimum atomic E-state index is 0.0925. The van der Waals surface area contributed by atoms with Crippen LogP contribution in [0.5, 0.6) is 0 Å². The van der Waals surface area contributed by atoms with Gasteiger partial charge in [-0.15, -0.1) is 0 Å². The quantitative estimate of drug-likeness (QED) is 0.623. The number of hydrogen-bond donors (Lipinski definition) is 2. The Balaban J connectivity index is 4.03. The van der Waals surface area contributed by atoms with Crippen LogP contribution in [0.1, 0.15) is 34.1 Å². The van der Waals surface area contributed by atoms with Crippen LogP contribution in [0.3, 0.4) is 0 Å². The Hall–Kier alpha value is -0.0800. The highest BCUT2D eigenvalue weighted by molar-refractivity contribution is 4.85. The molecule has 0 saturated heterocycles. The molecule has 0 fully saturated rings. The Bertz CT molecular complexity index is 97.4. The van der Waals surface area contributed by atoms with Crippen molar-refractivity contribution < 1.29 is 0 Å². The molecular formula is C8H20N2. The van der Waals surface area contributed by atoms with Gasteiger partial charge in [0.1, 0.15) is 0 Å². The van der Waals surface area contributed by atoms with E-state index < -0.39 is 0 Å². The van der Waals surface area contributed by atoms with Crippen molar-refractivity contribution in [3.63, 3.8) is 0 Å². The predicted octanol–water partition coefficient (Wildman–Crippen LogP) is 1.10. The maximum Gasteiger partial charge on any atom is 0.0241 e. The fraction of sp³-hybridized carbons (Fsp3) is 1.00. The van der Waals surface area contributed by atoms with Crippen LogP contribution in [0.25, 0.3) is 0 Å². The van der Waals surface area contributed by atoms with Crippen molar-refractivity contribution in [2.24, 2.45) is 16.9 Å². The molecule has 0 aliphatic carbocycles. The van der Waals surface area contributed by atoms with Crippen LogP contribution in [-0.2, 0) is 0 Å². The molecule has 2 unspecified atom stereocenters. The summed E-state index contributed by atoms with van der Waals surface area (Å²) in [6.07, 6.45) is 1.08. The molecule has 0 aliphatic heterocycles. The lowest BCUT2D eigenvalue weighted by atomic mass is 9.79. The Morgan fingerprint density at radius 1 is 1.30 bits per heavy atom. The van der Waals surface area contributed by atoms with Crippen LogP contribution < -0.4 is 11.5 Å². The lowest BCUT2D eigenvalue weighted by molar-refractivity contribution is 0.249. The Morgan fingerprint density at radius 3 is 1.80 bits per heavy atom. The van der Waals surface area contributed by atoms with Gasteiger partial charge >= 0.3 is 0 Å². The molecule has 0 radical (unpaired) electrons. The molecule has 10 heavy (non-hydrogen) atoms. The summed E-state index contributed by atoms with van der Waals surface area (Å²) in [6, 6.07) is 0.201. The zero-order valence-corrected chi connectivity index (χ0v) is 7.52. The molecule has 0 aromatic rings. The topological polar surface area (TPSA) is 52.0 Å². The van der Waals surface area contributed by atoms with E-state index in [9.17, 15) is 0 Å². The van der Waals surface area contributed by atoms with E-state index in [1.54, 1.807) is 0 Å². The van der Waals surface area contributed by atoms with Gasteiger partial charge < -0.3 is 11.5 Å². The normalized spacial score (nSPS) is 18.6. The highest BCUT2D eigenvalue weighted by Crippen LogP contribution is 2.24. The summed E-state index contributed by atoms with van der Waals surface area (Å²) >= 11 is 0. The van der Waals surface area contributed by atoms with Gasteiger partial charge in [0.25, 0.3) is 0 Å². The summed E-state index contributed by atoms with van der Waals surface area (Å²) in [5, 5.41) is 0. The van der Waals surface area contributed by atoms with E-state index in [4.69, 9.17) is 11.5 Å². The number of hydrogen-bond acceptors (Lipinski definition) is 2. The summed E-state index contributed by atoms with van der Waals surface area (Å²) in [4.78, 5) is 0. The third-order valence-electron chi connectivity index (χ3n) is 2.38. The van der Waals surface area contributed by atoms with Gasteiger partial charge in [0.05, 0.1) is 0 Å². The molecule has 2 heteroatoms. The van der Waals surface area contributed by atoms with Gasteiger partial charge in [0, 0.05) is 12.1 Å². The van der Waals surface area contributed by atoms with Crippen molar-refractivity contribution in [1.29, 1.82) is 0 Å². The highest BCUT2D eigenvalue weighted by Gasteiger charge is 2.26. The molecule has 0 rings (SSSR count). The van der Waals surface area contributed by atoms with Crippen molar-refractivity contribution in [3.8, 4) is 0 Å². The van der Waals surface area contributed by atoms with E-state index in [1.807, 2.05) is 6.92 Å². The second-order valence-corrected chi connectivity index (χ2v) is 3.73. The van der Waals surface area contributed by atoms with Crippen molar-refractivity contribution in [3.05, 3.63) is 0 Å². The fourth-order valence-corrected chi connectivity index (χ4v) is 0.947. The van der Waals surface area contributed by atoms with Crippen LogP contribution >= 0.6 is 0 Å². The molecule has 0 aliphatic rings. The highest BCUT2D eigenvalue weighted by atomic mass is 14.8. The van der Waals surface area contributed by atoms with Crippen molar-refractivity contribution in [2.45, 2.75) is 46.2 Å². The van der Waals surface area contributed by atoms with Crippen molar-refractivity contribution in [1.82, 2.24) is 0 Å². The maximum absolute atomic E-state index is 5.88. The van der Waals surface area contributed by atoms with Gasteiger partial charge in [-0.2, -0.15) is 0 Å². The van der Waals surface area contributed by atoms with Gasteiger partial charge in [-0.05, 0) is 18.8 Å². The molecule has 0 amide bonds. The monoisotopic (exact) mass is 144 g/mol. The molecule has 2 atom stereocenters. The Labute approximate surface area is 64.0 Å². The summed E-state index contributed by atoms with van der Waals surface area (Å²) in [5.41, 5.74) is 11.7. The smallest absolute Gasteiger partial charge is 0.0241 e. The summed E-state index contributed by atoms with van der Waals surface area (Å²) in [6.45, 7) is 8.41. The van der Waals surface area contributed by atoms with Crippen LogP contribution in [-0.4, -0.2) is 12.1 Å². The van der Waals surface area contributed by atoms with Gasteiger partial charge in [-0.1, -0.05) is 20.8 Å². The second-order valence-electron chi connectivity index (χ2n) is 3.73. The first-order valence-electron chi connectivity index (χ1n) is 3.93. The van der Waals surface area contributed by atoms with Crippen molar-refractivity contribution in [2.75, 3.05) is 0 Å². The van der Waals surface area contributed by atoms with Gasteiger partial charge in [0.15, 0.2) is 0 Å². The molecule has 0 aromatic heterocycles. The summed E-state index contributed by atoms with van der Waals surface area (Å²) < 4.78 is 0. The minimum Gasteiger partial charge on any atom is -0.327 e.